The van der Waals surface area contributed by atoms with E-state index in [4.69, 9.17) is 0 Å². The molecule has 2 heterocycles. The van der Waals surface area contributed by atoms with E-state index in [1.807, 2.05) is 35.2 Å². The van der Waals surface area contributed by atoms with Crippen molar-refractivity contribution in [2.45, 2.75) is 25.3 Å². The van der Waals surface area contributed by atoms with Gasteiger partial charge in [-0.15, -0.1) is 0 Å². The van der Waals surface area contributed by atoms with Crippen LogP contribution in [-0.4, -0.2) is 78.0 Å². The zero-order chi connectivity index (χ0) is 19.0. The summed E-state index contributed by atoms with van der Waals surface area (Å²) < 4.78 is 0. The van der Waals surface area contributed by atoms with Gasteiger partial charge in [-0.05, 0) is 31.4 Å². The number of likely N-dealkylation sites (tertiary alicyclic amines) is 1. The van der Waals surface area contributed by atoms with Crippen LogP contribution in [0.25, 0.3) is 0 Å². The summed E-state index contributed by atoms with van der Waals surface area (Å²) in [6, 6.07) is 9.64. The quantitative estimate of drug-likeness (QED) is 0.873. The molecule has 1 amide bonds. The molecule has 1 N–H and O–H groups in total. The van der Waals surface area contributed by atoms with Crippen molar-refractivity contribution in [1.29, 1.82) is 0 Å². The number of rotatable bonds is 4. The minimum absolute atomic E-state index is 0.0702. The Bertz CT molecular complexity index is 702. The van der Waals surface area contributed by atoms with Crippen LogP contribution in [0.2, 0.25) is 0 Å². The first-order valence-corrected chi connectivity index (χ1v) is 10.0. The molecule has 3 aliphatic rings. The van der Waals surface area contributed by atoms with Gasteiger partial charge in [0.05, 0.1) is 5.41 Å². The molecule has 1 aromatic rings. The number of benzene rings is 1. The number of carbonyl (C=O) groups excluding carboxylic acids is 1. The molecule has 6 heteroatoms. The first-order chi connectivity index (χ1) is 13.0. The third kappa shape index (κ3) is 3.25. The number of carboxylic acids is 1. The molecule has 2 aliphatic heterocycles. The Hall–Kier alpha value is -1.92. The standard InChI is InChI=1S/C21H29N3O3/c1-22-10-12-23(13-11-22)18(16-6-3-2-4-7-16)19(25)24-14-17-8-5-9-21(17,15-24)20(26)27/h2-4,6-7,17-18H,5,8-15H2,1H3,(H,26,27)/t17-,18?,21+/m0/s1. The molecular formula is C21H29N3O3. The second kappa shape index (κ2) is 7.24. The van der Waals surface area contributed by atoms with Gasteiger partial charge < -0.3 is 14.9 Å². The summed E-state index contributed by atoms with van der Waals surface area (Å²) in [5.41, 5.74) is 0.285. The molecule has 27 heavy (non-hydrogen) atoms. The van der Waals surface area contributed by atoms with Crippen LogP contribution in [0.3, 0.4) is 0 Å². The van der Waals surface area contributed by atoms with Crippen molar-refractivity contribution in [3.63, 3.8) is 0 Å². The monoisotopic (exact) mass is 371 g/mol. The summed E-state index contributed by atoms with van der Waals surface area (Å²) in [6.45, 7) is 4.54. The fraction of sp³-hybridized carbons (Fsp3) is 0.619. The molecule has 1 aromatic carbocycles. The Kier molecular flexibility index (Phi) is 4.95. The van der Waals surface area contributed by atoms with Gasteiger partial charge in [0.15, 0.2) is 0 Å². The summed E-state index contributed by atoms with van der Waals surface area (Å²) in [5.74, 6) is -0.556. The average Bonchev–Trinajstić information content (AvgIpc) is 3.23. The highest BCUT2D eigenvalue weighted by Crippen LogP contribution is 2.49. The first kappa shape index (κ1) is 18.4. The number of nitrogens with zero attached hydrogens (tertiary/aromatic N) is 3. The maximum atomic E-state index is 13.6. The molecule has 146 valence electrons. The Morgan fingerprint density at radius 2 is 1.85 bits per heavy atom. The highest BCUT2D eigenvalue weighted by molar-refractivity contribution is 5.86. The number of hydrogen-bond acceptors (Lipinski definition) is 4. The SMILES string of the molecule is CN1CCN(C(C(=O)N2C[C@@H]3CCC[C@@]3(C(=O)O)C2)c2ccccc2)CC1. The van der Waals surface area contributed by atoms with E-state index in [2.05, 4.69) is 16.8 Å². The van der Waals surface area contributed by atoms with Crippen LogP contribution in [0.4, 0.5) is 0 Å². The molecule has 0 bridgehead atoms. The molecule has 0 aromatic heterocycles. The second-order valence-electron chi connectivity index (χ2n) is 8.42. The van der Waals surface area contributed by atoms with E-state index in [0.29, 0.717) is 19.5 Å². The van der Waals surface area contributed by atoms with E-state index in [0.717, 1.165) is 44.6 Å². The van der Waals surface area contributed by atoms with Crippen LogP contribution < -0.4 is 0 Å². The molecule has 4 rings (SSSR count). The van der Waals surface area contributed by atoms with E-state index >= 15 is 0 Å². The van der Waals surface area contributed by atoms with Gasteiger partial charge >= 0.3 is 5.97 Å². The fourth-order valence-electron chi connectivity index (χ4n) is 5.20. The number of piperazine rings is 1. The van der Waals surface area contributed by atoms with Crippen molar-refractivity contribution in [2.24, 2.45) is 11.3 Å². The third-order valence-corrected chi connectivity index (χ3v) is 6.86. The highest BCUT2D eigenvalue weighted by atomic mass is 16.4. The van der Waals surface area contributed by atoms with Gasteiger partial charge in [0.25, 0.3) is 0 Å². The Labute approximate surface area is 160 Å². The van der Waals surface area contributed by atoms with Crippen LogP contribution in [0.1, 0.15) is 30.9 Å². The largest absolute Gasteiger partial charge is 0.481 e. The maximum Gasteiger partial charge on any atom is 0.311 e. The van der Waals surface area contributed by atoms with Crippen molar-refractivity contribution >= 4 is 11.9 Å². The Balaban J connectivity index is 1.59. The van der Waals surface area contributed by atoms with Gasteiger partial charge in [0.2, 0.25) is 5.91 Å². The van der Waals surface area contributed by atoms with Gasteiger partial charge in [0.1, 0.15) is 6.04 Å². The number of carboxylic acid groups (broad SMARTS) is 1. The van der Waals surface area contributed by atoms with Crippen molar-refractivity contribution < 1.29 is 14.7 Å². The molecule has 2 saturated heterocycles. The van der Waals surface area contributed by atoms with Gasteiger partial charge in [-0.2, -0.15) is 0 Å². The first-order valence-electron chi connectivity index (χ1n) is 10.0. The van der Waals surface area contributed by atoms with Crippen molar-refractivity contribution in [3.8, 4) is 0 Å². The molecule has 0 spiro atoms. The van der Waals surface area contributed by atoms with E-state index in [1.54, 1.807) is 0 Å². The van der Waals surface area contributed by atoms with Gasteiger partial charge in [-0.1, -0.05) is 36.8 Å². The molecular weight excluding hydrogens is 342 g/mol. The van der Waals surface area contributed by atoms with E-state index in [-0.39, 0.29) is 17.9 Å². The summed E-state index contributed by atoms with van der Waals surface area (Å²) in [7, 11) is 2.11. The smallest absolute Gasteiger partial charge is 0.311 e. The number of carbonyl (C=O) groups is 2. The molecule has 6 nitrogen and oxygen atoms in total. The summed E-state index contributed by atoms with van der Waals surface area (Å²) in [6.07, 6.45) is 2.57. The predicted molar refractivity (Wildman–Crippen MR) is 102 cm³/mol. The predicted octanol–water partition coefficient (Wildman–Crippen LogP) is 1.69. The third-order valence-electron chi connectivity index (χ3n) is 6.86. The summed E-state index contributed by atoms with van der Waals surface area (Å²) >= 11 is 0. The van der Waals surface area contributed by atoms with Gasteiger partial charge in [-0.3, -0.25) is 14.5 Å². The van der Waals surface area contributed by atoms with E-state index in [9.17, 15) is 14.7 Å². The maximum absolute atomic E-state index is 13.6. The van der Waals surface area contributed by atoms with Gasteiger partial charge in [-0.25, -0.2) is 0 Å². The number of fused-ring (bicyclic) bond motifs is 1. The van der Waals surface area contributed by atoms with Gasteiger partial charge in [0, 0.05) is 39.3 Å². The zero-order valence-electron chi connectivity index (χ0n) is 16.0. The number of aliphatic carboxylic acids is 1. The van der Waals surface area contributed by atoms with Crippen molar-refractivity contribution in [2.75, 3.05) is 46.3 Å². The second-order valence-corrected chi connectivity index (χ2v) is 8.42. The Morgan fingerprint density at radius 3 is 2.48 bits per heavy atom. The van der Waals surface area contributed by atoms with Crippen LogP contribution in [0.5, 0.6) is 0 Å². The zero-order valence-corrected chi connectivity index (χ0v) is 16.0. The summed E-state index contributed by atoms with van der Waals surface area (Å²) in [4.78, 5) is 32.0. The molecule has 3 atom stereocenters. The van der Waals surface area contributed by atoms with Crippen molar-refractivity contribution in [1.82, 2.24) is 14.7 Å². The molecule has 3 fully saturated rings. The van der Waals surface area contributed by atoms with Crippen LogP contribution in [0, 0.1) is 11.3 Å². The number of hydrogen-bond donors (Lipinski definition) is 1. The summed E-state index contributed by atoms with van der Waals surface area (Å²) in [5, 5.41) is 9.85. The lowest BCUT2D eigenvalue weighted by atomic mass is 9.81. The normalized spacial score (nSPS) is 30.3. The average molecular weight is 371 g/mol. The van der Waals surface area contributed by atoms with Crippen LogP contribution in [-0.2, 0) is 9.59 Å². The molecule has 1 saturated carbocycles. The minimum Gasteiger partial charge on any atom is -0.481 e. The molecule has 1 aliphatic carbocycles. The highest BCUT2D eigenvalue weighted by Gasteiger charge is 2.56. The van der Waals surface area contributed by atoms with Crippen LogP contribution >= 0.6 is 0 Å². The minimum atomic E-state index is -0.726. The lowest BCUT2D eigenvalue weighted by molar-refractivity contribution is -0.150. The topological polar surface area (TPSA) is 64.1 Å². The number of amides is 1. The molecule has 1 unspecified atom stereocenters. The lowest BCUT2D eigenvalue weighted by Gasteiger charge is -2.39. The number of likely N-dealkylation sites (N-methyl/N-ethyl adjacent to an activating group) is 1. The van der Waals surface area contributed by atoms with Crippen molar-refractivity contribution in [3.05, 3.63) is 35.9 Å². The lowest BCUT2D eigenvalue weighted by Crippen LogP contribution is -2.50. The van der Waals surface area contributed by atoms with E-state index < -0.39 is 11.4 Å². The van der Waals surface area contributed by atoms with E-state index in [1.165, 1.54) is 0 Å². The fourth-order valence-corrected chi connectivity index (χ4v) is 5.20. The molecule has 0 radical (unpaired) electrons. The van der Waals surface area contributed by atoms with Crippen LogP contribution in [0.15, 0.2) is 30.3 Å². The Morgan fingerprint density at radius 1 is 1.15 bits per heavy atom.